The van der Waals surface area contributed by atoms with E-state index in [1.54, 1.807) is 12.1 Å². The van der Waals surface area contributed by atoms with Gasteiger partial charge in [-0.3, -0.25) is 9.59 Å². The summed E-state index contributed by atoms with van der Waals surface area (Å²) in [5, 5.41) is 12.8. The summed E-state index contributed by atoms with van der Waals surface area (Å²) in [7, 11) is 0. The minimum atomic E-state index is -4.57. The van der Waals surface area contributed by atoms with E-state index in [4.69, 9.17) is 0 Å². The minimum Gasteiger partial charge on any atom is -0.509 e. The van der Waals surface area contributed by atoms with E-state index < -0.39 is 34.9 Å². The van der Waals surface area contributed by atoms with Gasteiger partial charge in [-0.2, -0.15) is 13.2 Å². The zero-order valence-corrected chi connectivity index (χ0v) is 15.7. The molecule has 1 aliphatic rings. The van der Waals surface area contributed by atoms with Gasteiger partial charge < -0.3 is 15.3 Å². The molecule has 2 aromatic carbocycles. The molecule has 1 aliphatic heterocycles. The van der Waals surface area contributed by atoms with Crippen molar-refractivity contribution in [3.05, 3.63) is 71.0 Å². The highest BCUT2D eigenvalue weighted by atomic mass is 19.4. The average Bonchev–Trinajstić information content (AvgIpc) is 2.95. The first-order valence-corrected chi connectivity index (χ1v) is 8.91. The highest BCUT2D eigenvalue weighted by molar-refractivity contribution is 6.29. The fourth-order valence-electron chi connectivity index (χ4n) is 3.14. The first-order chi connectivity index (χ1) is 13.6. The summed E-state index contributed by atoms with van der Waals surface area (Å²) in [5.41, 5.74) is -0.118. The third kappa shape index (κ3) is 4.11. The second-order valence-electron chi connectivity index (χ2n) is 6.96. The summed E-state index contributed by atoms with van der Waals surface area (Å²) in [6.07, 6.45) is -4.57. The van der Waals surface area contributed by atoms with Crippen molar-refractivity contribution in [2.24, 2.45) is 0 Å². The summed E-state index contributed by atoms with van der Waals surface area (Å²) >= 11 is 0. The predicted octanol–water partition coefficient (Wildman–Crippen LogP) is 4.63. The van der Waals surface area contributed by atoms with Gasteiger partial charge in [-0.15, -0.1) is 0 Å². The number of hydrogen-bond donors (Lipinski definition) is 2. The largest absolute Gasteiger partial charge is 0.509 e. The lowest BCUT2D eigenvalue weighted by Crippen LogP contribution is -2.30. The van der Waals surface area contributed by atoms with E-state index in [0.717, 1.165) is 22.6 Å². The Labute approximate surface area is 165 Å². The molecule has 0 aliphatic carbocycles. The molecule has 2 amide bonds. The molecule has 0 saturated heterocycles. The Bertz CT molecular complexity index is 997. The number of aliphatic hydroxyl groups excluding tert-OH is 1. The lowest BCUT2D eigenvalue weighted by Gasteiger charge is -2.18. The Morgan fingerprint density at radius 1 is 1.14 bits per heavy atom. The molecule has 0 atom stereocenters. The van der Waals surface area contributed by atoms with Crippen LogP contribution in [0.1, 0.15) is 30.9 Å². The van der Waals surface area contributed by atoms with E-state index in [2.05, 4.69) is 5.32 Å². The number of carbonyl (C=O) groups is 2. The number of para-hydroxylation sites is 1. The van der Waals surface area contributed by atoms with Crippen LogP contribution in [-0.2, 0) is 15.8 Å². The molecule has 2 aromatic rings. The number of alkyl halides is 3. The van der Waals surface area contributed by atoms with Crippen molar-refractivity contribution in [3.8, 4) is 0 Å². The van der Waals surface area contributed by atoms with Crippen LogP contribution in [-0.4, -0.2) is 23.5 Å². The zero-order chi connectivity index (χ0) is 21.3. The number of benzene rings is 2. The molecule has 8 heteroatoms. The van der Waals surface area contributed by atoms with Gasteiger partial charge in [0.15, 0.2) is 0 Å². The van der Waals surface area contributed by atoms with Crippen LogP contribution in [0.3, 0.4) is 0 Å². The number of amides is 2. The topological polar surface area (TPSA) is 69.6 Å². The summed E-state index contributed by atoms with van der Waals surface area (Å²) in [4.78, 5) is 26.3. The van der Waals surface area contributed by atoms with Crippen molar-refractivity contribution >= 4 is 23.2 Å². The Hall–Kier alpha value is -3.29. The smallest absolute Gasteiger partial charge is 0.416 e. The standard InChI is InChI=1S/C21H19F3N2O3/c1-12(2)15-8-3-4-9-16(15)25-19(28)18-17(27)11-26(20(18)29)14-7-5-6-13(10-14)21(22,23)24/h3-10,12,27H,11H2,1-2H3,(H,25,28). The maximum atomic E-state index is 13.0. The molecule has 1 heterocycles. The highest BCUT2D eigenvalue weighted by Crippen LogP contribution is 2.33. The van der Waals surface area contributed by atoms with Crippen LogP contribution in [0.15, 0.2) is 59.9 Å². The molecule has 0 fully saturated rings. The van der Waals surface area contributed by atoms with Gasteiger partial charge in [-0.25, -0.2) is 0 Å². The molecule has 3 rings (SSSR count). The number of rotatable bonds is 4. The molecular weight excluding hydrogens is 385 g/mol. The van der Waals surface area contributed by atoms with Gasteiger partial charge in [0.1, 0.15) is 11.3 Å². The Morgan fingerprint density at radius 3 is 2.48 bits per heavy atom. The molecule has 0 spiro atoms. The SMILES string of the molecule is CC(C)c1ccccc1NC(=O)C1=C(O)CN(c2cccc(C(F)(F)F)c2)C1=O. The summed E-state index contributed by atoms with van der Waals surface area (Å²) in [6.45, 7) is 3.50. The number of nitrogens with one attached hydrogen (secondary N) is 1. The van der Waals surface area contributed by atoms with Crippen molar-refractivity contribution in [1.29, 1.82) is 0 Å². The van der Waals surface area contributed by atoms with Gasteiger partial charge in [0.25, 0.3) is 11.8 Å². The second-order valence-corrected chi connectivity index (χ2v) is 6.96. The number of hydrogen-bond acceptors (Lipinski definition) is 3. The van der Waals surface area contributed by atoms with Gasteiger partial charge in [-0.05, 0) is 35.7 Å². The Balaban J connectivity index is 1.85. The van der Waals surface area contributed by atoms with Gasteiger partial charge in [0.05, 0.1) is 12.1 Å². The number of anilines is 2. The summed E-state index contributed by atoms with van der Waals surface area (Å²) in [5.74, 6) is -2.06. The van der Waals surface area contributed by atoms with Gasteiger partial charge in [0, 0.05) is 11.4 Å². The maximum Gasteiger partial charge on any atom is 0.416 e. The molecule has 0 saturated carbocycles. The monoisotopic (exact) mass is 404 g/mol. The van der Waals surface area contributed by atoms with Crippen LogP contribution in [0.25, 0.3) is 0 Å². The molecule has 2 N–H and O–H groups in total. The van der Waals surface area contributed by atoms with Crippen LogP contribution in [0.2, 0.25) is 0 Å². The minimum absolute atomic E-state index is 0.0539. The summed E-state index contributed by atoms with van der Waals surface area (Å²) < 4.78 is 38.9. The first kappa shape index (κ1) is 20.4. The number of nitrogens with zero attached hydrogens (tertiary/aromatic N) is 1. The molecule has 5 nitrogen and oxygen atoms in total. The second kappa shape index (κ2) is 7.62. The normalized spacial score (nSPS) is 14.7. The zero-order valence-electron chi connectivity index (χ0n) is 15.7. The Kier molecular flexibility index (Phi) is 5.37. The summed E-state index contributed by atoms with van der Waals surface area (Å²) in [6, 6.07) is 11.2. The van der Waals surface area contributed by atoms with Gasteiger partial charge >= 0.3 is 6.18 Å². The fraction of sp³-hybridized carbons (Fsp3) is 0.238. The van der Waals surface area contributed by atoms with Crippen LogP contribution in [0.5, 0.6) is 0 Å². The molecule has 29 heavy (non-hydrogen) atoms. The first-order valence-electron chi connectivity index (χ1n) is 8.91. The fourth-order valence-corrected chi connectivity index (χ4v) is 3.14. The predicted molar refractivity (Wildman–Crippen MR) is 103 cm³/mol. The quantitative estimate of drug-likeness (QED) is 0.731. The van der Waals surface area contributed by atoms with Crippen molar-refractivity contribution in [2.45, 2.75) is 25.9 Å². The van der Waals surface area contributed by atoms with E-state index in [9.17, 15) is 27.9 Å². The molecule has 152 valence electrons. The van der Waals surface area contributed by atoms with Crippen LogP contribution in [0, 0.1) is 0 Å². The molecular formula is C21H19F3N2O3. The molecule has 0 radical (unpaired) electrons. The highest BCUT2D eigenvalue weighted by Gasteiger charge is 2.37. The molecule has 0 unspecified atom stereocenters. The van der Waals surface area contributed by atoms with Crippen LogP contribution >= 0.6 is 0 Å². The van der Waals surface area contributed by atoms with Gasteiger partial charge in [-0.1, -0.05) is 38.1 Å². The number of aliphatic hydroxyl groups is 1. The van der Waals surface area contributed by atoms with Crippen molar-refractivity contribution < 1.29 is 27.9 Å². The average molecular weight is 404 g/mol. The van der Waals surface area contributed by atoms with E-state index >= 15 is 0 Å². The lowest BCUT2D eigenvalue weighted by molar-refractivity contribution is -0.137. The van der Waals surface area contributed by atoms with Crippen molar-refractivity contribution in [2.75, 3.05) is 16.8 Å². The number of carbonyl (C=O) groups excluding carboxylic acids is 2. The third-order valence-electron chi connectivity index (χ3n) is 4.60. The van der Waals surface area contributed by atoms with E-state index in [1.807, 2.05) is 26.0 Å². The van der Waals surface area contributed by atoms with E-state index in [0.29, 0.717) is 5.69 Å². The van der Waals surface area contributed by atoms with Crippen LogP contribution in [0.4, 0.5) is 24.5 Å². The van der Waals surface area contributed by atoms with E-state index in [-0.39, 0.29) is 18.2 Å². The van der Waals surface area contributed by atoms with Crippen LogP contribution < -0.4 is 10.2 Å². The van der Waals surface area contributed by atoms with E-state index in [1.165, 1.54) is 12.1 Å². The molecule has 0 aromatic heterocycles. The molecule has 0 bridgehead atoms. The third-order valence-corrected chi connectivity index (χ3v) is 4.60. The maximum absolute atomic E-state index is 13.0. The van der Waals surface area contributed by atoms with Crippen molar-refractivity contribution in [1.82, 2.24) is 0 Å². The Morgan fingerprint density at radius 2 is 1.83 bits per heavy atom. The lowest BCUT2D eigenvalue weighted by atomic mass is 10.0. The van der Waals surface area contributed by atoms with Crippen molar-refractivity contribution in [3.63, 3.8) is 0 Å². The van der Waals surface area contributed by atoms with Gasteiger partial charge in [0.2, 0.25) is 0 Å². The number of halogens is 3.